The predicted octanol–water partition coefficient (Wildman–Crippen LogP) is 3.38. The maximum Gasteiger partial charge on any atom is 0.255 e. The molecule has 2 aromatic heterocycles. The molecule has 0 aliphatic heterocycles. The highest BCUT2D eigenvalue weighted by Gasteiger charge is 2.21. The van der Waals surface area contributed by atoms with E-state index in [1.165, 1.54) is 0 Å². The number of hydrogen-bond acceptors (Lipinski definition) is 3. The van der Waals surface area contributed by atoms with E-state index in [0.717, 1.165) is 22.6 Å². The van der Waals surface area contributed by atoms with Crippen molar-refractivity contribution >= 4 is 5.91 Å². The Kier molecular flexibility index (Phi) is 4.42. The van der Waals surface area contributed by atoms with E-state index in [-0.39, 0.29) is 11.9 Å². The number of amides is 1. The van der Waals surface area contributed by atoms with Crippen molar-refractivity contribution in [2.75, 3.05) is 0 Å². The van der Waals surface area contributed by atoms with Crippen LogP contribution in [-0.4, -0.2) is 20.7 Å². The molecule has 0 saturated carbocycles. The summed E-state index contributed by atoms with van der Waals surface area (Å²) in [5.74, 6) is -0.114. The first-order valence-electron chi connectivity index (χ1n) is 7.90. The summed E-state index contributed by atoms with van der Waals surface area (Å²) in [4.78, 5) is 16.7. The zero-order valence-electron chi connectivity index (χ0n) is 14.0. The van der Waals surface area contributed by atoms with Crippen LogP contribution >= 0.6 is 0 Å². The Morgan fingerprint density at radius 2 is 1.75 bits per heavy atom. The molecule has 0 radical (unpaired) electrons. The molecule has 0 aliphatic rings. The molecule has 2 heterocycles. The molecule has 1 unspecified atom stereocenters. The van der Waals surface area contributed by atoms with Crippen LogP contribution in [0.3, 0.4) is 0 Å². The first kappa shape index (κ1) is 15.9. The SMILES string of the molecule is Cc1nn(-c2ccccc2)c(C)c1C(=O)NC(C)c1ccncc1. The molecule has 122 valence electrons. The third kappa shape index (κ3) is 3.06. The minimum absolute atomic E-state index is 0.0978. The third-order valence-electron chi connectivity index (χ3n) is 4.07. The fourth-order valence-electron chi connectivity index (χ4n) is 2.80. The highest BCUT2D eigenvalue weighted by Crippen LogP contribution is 2.19. The van der Waals surface area contributed by atoms with Gasteiger partial charge in [-0.1, -0.05) is 18.2 Å². The molecule has 0 fully saturated rings. The number of hydrogen-bond donors (Lipinski definition) is 1. The molecule has 5 heteroatoms. The Morgan fingerprint density at radius 3 is 2.42 bits per heavy atom. The highest BCUT2D eigenvalue weighted by atomic mass is 16.1. The molecule has 1 aromatic carbocycles. The van der Waals surface area contributed by atoms with E-state index in [1.807, 2.05) is 63.2 Å². The van der Waals surface area contributed by atoms with Gasteiger partial charge in [0.15, 0.2) is 0 Å². The van der Waals surface area contributed by atoms with Crippen LogP contribution in [0.1, 0.15) is 40.3 Å². The number of rotatable bonds is 4. The van der Waals surface area contributed by atoms with Crippen LogP contribution in [0, 0.1) is 13.8 Å². The minimum Gasteiger partial charge on any atom is -0.345 e. The lowest BCUT2D eigenvalue weighted by molar-refractivity contribution is 0.0938. The number of nitrogens with zero attached hydrogens (tertiary/aromatic N) is 3. The van der Waals surface area contributed by atoms with E-state index in [1.54, 1.807) is 17.1 Å². The molecule has 0 aliphatic carbocycles. The molecular weight excluding hydrogens is 300 g/mol. The summed E-state index contributed by atoms with van der Waals surface area (Å²) in [6, 6.07) is 13.5. The van der Waals surface area contributed by atoms with Gasteiger partial charge in [0.2, 0.25) is 0 Å². The van der Waals surface area contributed by atoms with Crippen LogP contribution in [0.5, 0.6) is 0 Å². The second-order valence-corrected chi connectivity index (χ2v) is 5.77. The first-order valence-corrected chi connectivity index (χ1v) is 7.90. The number of aryl methyl sites for hydroxylation is 1. The summed E-state index contributed by atoms with van der Waals surface area (Å²) in [6.45, 7) is 5.73. The highest BCUT2D eigenvalue weighted by molar-refractivity contribution is 5.96. The van der Waals surface area contributed by atoms with Gasteiger partial charge in [0.25, 0.3) is 5.91 Å². The van der Waals surface area contributed by atoms with Gasteiger partial charge in [0, 0.05) is 12.4 Å². The first-order chi connectivity index (χ1) is 11.6. The molecule has 3 rings (SSSR count). The maximum atomic E-state index is 12.7. The topological polar surface area (TPSA) is 59.8 Å². The van der Waals surface area contributed by atoms with Gasteiger partial charge >= 0.3 is 0 Å². The smallest absolute Gasteiger partial charge is 0.255 e. The zero-order chi connectivity index (χ0) is 17.1. The van der Waals surface area contributed by atoms with Crippen molar-refractivity contribution in [3.8, 4) is 5.69 Å². The molecular formula is C19H20N4O. The van der Waals surface area contributed by atoms with Gasteiger partial charge in [-0.25, -0.2) is 4.68 Å². The van der Waals surface area contributed by atoms with E-state index in [2.05, 4.69) is 15.4 Å². The van der Waals surface area contributed by atoms with Gasteiger partial charge in [0.05, 0.1) is 28.7 Å². The van der Waals surface area contributed by atoms with E-state index in [9.17, 15) is 4.79 Å². The number of benzene rings is 1. The lowest BCUT2D eigenvalue weighted by Crippen LogP contribution is -2.27. The van der Waals surface area contributed by atoms with Crippen LogP contribution < -0.4 is 5.32 Å². The van der Waals surface area contributed by atoms with Gasteiger partial charge in [-0.05, 0) is 50.6 Å². The molecule has 1 N–H and O–H groups in total. The van der Waals surface area contributed by atoms with E-state index < -0.39 is 0 Å². The molecule has 0 bridgehead atoms. The number of nitrogens with one attached hydrogen (secondary N) is 1. The Hall–Kier alpha value is -2.95. The summed E-state index contributed by atoms with van der Waals surface area (Å²) in [7, 11) is 0. The predicted molar refractivity (Wildman–Crippen MR) is 93.2 cm³/mol. The van der Waals surface area contributed by atoms with E-state index in [4.69, 9.17) is 0 Å². The summed E-state index contributed by atoms with van der Waals surface area (Å²) in [5, 5.41) is 7.57. The molecule has 0 spiro atoms. The molecule has 24 heavy (non-hydrogen) atoms. The van der Waals surface area contributed by atoms with Crippen molar-refractivity contribution < 1.29 is 4.79 Å². The monoisotopic (exact) mass is 320 g/mol. The Morgan fingerprint density at radius 1 is 1.08 bits per heavy atom. The van der Waals surface area contributed by atoms with Crippen LogP contribution in [0.15, 0.2) is 54.9 Å². The van der Waals surface area contributed by atoms with Crippen LogP contribution in [0.25, 0.3) is 5.69 Å². The van der Waals surface area contributed by atoms with Crippen molar-refractivity contribution in [2.45, 2.75) is 26.8 Å². The second kappa shape index (κ2) is 6.66. The molecule has 0 saturated heterocycles. The minimum atomic E-state index is -0.114. The Balaban J connectivity index is 1.87. The number of carbonyl (C=O) groups excluding carboxylic acids is 1. The van der Waals surface area contributed by atoms with Gasteiger partial charge in [-0.2, -0.15) is 5.10 Å². The zero-order valence-corrected chi connectivity index (χ0v) is 14.0. The normalized spacial score (nSPS) is 12.0. The van der Waals surface area contributed by atoms with Crippen LogP contribution in [0.2, 0.25) is 0 Å². The maximum absolute atomic E-state index is 12.7. The van der Waals surface area contributed by atoms with E-state index in [0.29, 0.717) is 5.56 Å². The second-order valence-electron chi connectivity index (χ2n) is 5.77. The van der Waals surface area contributed by atoms with Gasteiger partial charge < -0.3 is 5.32 Å². The Labute approximate surface area is 141 Å². The number of aromatic nitrogens is 3. The van der Waals surface area contributed by atoms with Gasteiger partial charge in [-0.15, -0.1) is 0 Å². The largest absolute Gasteiger partial charge is 0.345 e. The summed E-state index contributed by atoms with van der Waals surface area (Å²) in [6.07, 6.45) is 3.45. The quantitative estimate of drug-likeness (QED) is 0.802. The van der Waals surface area contributed by atoms with Crippen molar-refractivity contribution in [1.82, 2.24) is 20.1 Å². The van der Waals surface area contributed by atoms with Crippen LogP contribution in [-0.2, 0) is 0 Å². The van der Waals surface area contributed by atoms with Gasteiger partial charge in [0.1, 0.15) is 0 Å². The number of carbonyl (C=O) groups is 1. The van der Waals surface area contributed by atoms with Crippen molar-refractivity contribution in [3.63, 3.8) is 0 Å². The Bertz CT molecular complexity index is 841. The molecule has 1 amide bonds. The standard InChI is InChI=1S/C19H20N4O/c1-13(16-9-11-20-12-10-16)21-19(24)18-14(2)22-23(15(18)3)17-7-5-4-6-8-17/h4-13H,1-3H3,(H,21,24). The van der Waals surface area contributed by atoms with Crippen molar-refractivity contribution in [3.05, 3.63) is 77.4 Å². The fourth-order valence-corrected chi connectivity index (χ4v) is 2.80. The molecule has 3 aromatic rings. The lowest BCUT2D eigenvalue weighted by atomic mass is 10.1. The average Bonchev–Trinajstić information content (AvgIpc) is 2.91. The van der Waals surface area contributed by atoms with E-state index >= 15 is 0 Å². The summed E-state index contributed by atoms with van der Waals surface area (Å²) < 4.78 is 1.81. The van der Waals surface area contributed by atoms with Crippen molar-refractivity contribution in [2.24, 2.45) is 0 Å². The van der Waals surface area contributed by atoms with Gasteiger partial charge in [-0.3, -0.25) is 9.78 Å². The average molecular weight is 320 g/mol. The van der Waals surface area contributed by atoms with Crippen molar-refractivity contribution in [1.29, 1.82) is 0 Å². The third-order valence-corrected chi connectivity index (χ3v) is 4.07. The molecule has 1 atom stereocenters. The number of pyridine rings is 1. The molecule has 5 nitrogen and oxygen atoms in total. The fraction of sp³-hybridized carbons (Fsp3) is 0.211. The lowest BCUT2D eigenvalue weighted by Gasteiger charge is -2.14. The van der Waals surface area contributed by atoms with Crippen LogP contribution in [0.4, 0.5) is 0 Å². The summed E-state index contributed by atoms with van der Waals surface area (Å²) in [5.41, 5.74) is 4.14. The summed E-state index contributed by atoms with van der Waals surface area (Å²) >= 11 is 0. The number of para-hydroxylation sites is 1.